The average molecular weight is 452 g/mol. The van der Waals surface area contributed by atoms with E-state index in [9.17, 15) is 9.18 Å². The Balaban J connectivity index is 1.69. The molecule has 1 saturated heterocycles. The average Bonchev–Trinajstić information content (AvgIpc) is 3.15. The number of anilines is 1. The molecule has 1 aromatic rings. The molecule has 0 spiro atoms. The molecule has 0 aromatic heterocycles. The van der Waals surface area contributed by atoms with E-state index in [0.29, 0.717) is 22.9 Å². The molecule has 4 rings (SSSR count). The summed E-state index contributed by atoms with van der Waals surface area (Å²) < 4.78 is 14.8. The summed E-state index contributed by atoms with van der Waals surface area (Å²) in [7, 11) is 0. The molecular weight excluding hydrogens is 421 g/mol. The molecule has 3 fully saturated rings. The fraction of sp³-hybridized carbons (Fsp3) is 0.652. The minimum absolute atomic E-state index is 0.165. The molecule has 4 nitrogen and oxygen atoms in total. The van der Waals surface area contributed by atoms with Crippen LogP contribution in [0.15, 0.2) is 23.2 Å². The van der Waals surface area contributed by atoms with Crippen LogP contribution >= 0.6 is 23.4 Å². The van der Waals surface area contributed by atoms with Crippen LogP contribution in [0.4, 0.5) is 10.1 Å². The van der Waals surface area contributed by atoms with Gasteiger partial charge < -0.3 is 4.90 Å². The maximum Gasteiger partial charge on any atom is 0.225 e. The van der Waals surface area contributed by atoms with Crippen molar-refractivity contribution in [1.82, 2.24) is 4.90 Å². The molecule has 1 aromatic carbocycles. The number of amides is 1. The van der Waals surface area contributed by atoms with Gasteiger partial charge in [-0.1, -0.05) is 61.9 Å². The van der Waals surface area contributed by atoms with Gasteiger partial charge in [0.25, 0.3) is 0 Å². The van der Waals surface area contributed by atoms with E-state index in [-0.39, 0.29) is 17.8 Å². The van der Waals surface area contributed by atoms with Crippen molar-refractivity contribution in [1.29, 1.82) is 0 Å². The van der Waals surface area contributed by atoms with Crippen molar-refractivity contribution in [2.45, 2.75) is 89.4 Å². The first kappa shape index (κ1) is 21.9. The van der Waals surface area contributed by atoms with E-state index in [1.54, 1.807) is 22.7 Å². The lowest BCUT2D eigenvalue weighted by Gasteiger charge is -2.41. The van der Waals surface area contributed by atoms with Crippen LogP contribution in [0.2, 0.25) is 5.02 Å². The molecule has 3 aliphatic rings. The summed E-state index contributed by atoms with van der Waals surface area (Å²) in [4.78, 5) is 21.9. The second kappa shape index (κ2) is 9.90. The summed E-state index contributed by atoms with van der Waals surface area (Å²) in [6, 6.07) is 5.16. The van der Waals surface area contributed by atoms with Gasteiger partial charge in [0.05, 0.1) is 11.7 Å². The van der Waals surface area contributed by atoms with Crippen molar-refractivity contribution in [2.75, 3.05) is 10.7 Å². The molecule has 1 aliphatic heterocycles. The summed E-state index contributed by atoms with van der Waals surface area (Å²) >= 11 is 7.89. The third kappa shape index (κ3) is 4.80. The second-order valence-corrected chi connectivity index (χ2v) is 10.1. The Bertz CT molecular complexity index is 793. The van der Waals surface area contributed by atoms with Crippen LogP contribution in [0.25, 0.3) is 0 Å². The van der Waals surface area contributed by atoms with E-state index >= 15 is 0 Å². The number of thioether (sulfide) groups is 1. The van der Waals surface area contributed by atoms with Crippen LogP contribution in [-0.4, -0.2) is 40.0 Å². The van der Waals surface area contributed by atoms with Crippen molar-refractivity contribution in [3.8, 4) is 0 Å². The molecule has 7 heteroatoms. The van der Waals surface area contributed by atoms with E-state index < -0.39 is 5.82 Å². The summed E-state index contributed by atoms with van der Waals surface area (Å²) in [5.74, 6) is 0.121. The standard InChI is InChI=1S/C23H31ClFN3OS/c1-16(29)27(21-14-17(24)12-13-20(21)25)22-15-30-23(26-18-8-4-2-5-9-18)28(22)19-10-6-3-7-11-19/h12-14,18-19,22H,2-11,15H2,1H3. The predicted octanol–water partition coefficient (Wildman–Crippen LogP) is 6.23. The van der Waals surface area contributed by atoms with Crippen LogP contribution in [0, 0.1) is 5.82 Å². The Kier molecular flexibility index (Phi) is 7.24. The molecule has 1 atom stereocenters. The Morgan fingerprint density at radius 1 is 1.13 bits per heavy atom. The van der Waals surface area contributed by atoms with E-state index in [1.807, 2.05) is 0 Å². The Labute approximate surface area is 188 Å². The largest absolute Gasteiger partial charge is 0.327 e. The third-order valence-electron chi connectivity index (χ3n) is 6.54. The van der Waals surface area contributed by atoms with E-state index in [2.05, 4.69) is 4.90 Å². The molecule has 2 saturated carbocycles. The minimum atomic E-state index is -0.416. The summed E-state index contributed by atoms with van der Waals surface area (Å²) in [5, 5.41) is 1.48. The number of nitrogens with zero attached hydrogens (tertiary/aromatic N) is 3. The van der Waals surface area contributed by atoms with Crippen molar-refractivity contribution < 1.29 is 9.18 Å². The molecule has 0 bridgehead atoms. The first-order valence-electron chi connectivity index (χ1n) is 11.3. The summed E-state index contributed by atoms with van der Waals surface area (Å²) in [6.45, 7) is 1.51. The van der Waals surface area contributed by atoms with Gasteiger partial charge in [0, 0.05) is 23.7 Å². The molecule has 0 N–H and O–H groups in total. The topological polar surface area (TPSA) is 35.9 Å². The molecule has 30 heavy (non-hydrogen) atoms. The van der Waals surface area contributed by atoms with Gasteiger partial charge in [-0.25, -0.2) is 4.39 Å². The van der Waals surface area contributed by atoms with Gasteiger partial charge in [-0.2, -0.15) is 0 Å². The highest BCUT2D eigenvalue weighted by Crippen LogP contribution is 2.38. The van der Waals surface area contributed by atoms with Gasteiger partial charge in [-0.15, -0.1) is 0 Å². The molecule has 1 heterocycles. The minimum Gasteiger partial charge on any atom is -0.327 e. The predicted molar refractivity (Wildman–Crippen MR) is 124 cm³/mol. The van der Waals surface area contributed by atoms with Gasteiger partial charge in [0.1, 0.15) is 12.0 Å². The van der Waals surface area contributed by atoms with Gasteiger partial charge in [0.15, 0.2) is 5.17 Å². The fourth-order valence-electron chi connectivity index (χ4n) is 5.07. The Morgan fingerprint density at radius 2 is 1.80 bits per heavy atom. The maximum absolute atomic E-state index is 14.8. The smallest absolute Gasteiger partial charge is 0.225 e. The Hall–Kier alpha value is -1.27. The van der Waals surface area contributed by atoms with Crippen LogP contribution in [-0.2, 0) is 4.79 Å². The zero-order chi connectivity index (χ0) is 21.1. The highest BCUT2D eigenvalue weighted by atomic mass is 35.5. The number of carbonyl (C=O) groups excluding carboxylic acids is 1. The number of rotatable bonds is 4. The first-order chi connectivity index (χ1) is 14.5. The summed E-state index contributed by atoms with van der Waals surface area (Å²) in [6.07, 6.45) is 11.7. The lowest BCUT2D eigenvalue weighted by Crippen LogP contribution is -2.54. The number of halogens is 2. The number of benzene rings is 1. The van der Waals surface area contributed by atoms with Crippen molar-refractivity contribution >= 4 is 40.1 Å². The maximum atomic E-state index is 14.8. The lowest BCUT2D eigenvalue weighted by molar-refractivity contribution is -0.117. The van der Waals surface area contributed by atoms with Crippen molar-refractivity contribution in [3.63, 3.8) is 0 Å². The molecular formula is C23H31ClFN3OS. The molecule has 0 radical (unpaired) electrons. The highest BCUT2D eigenvalue weighted by molar-refractivity contribution is 8.14. The van der Waals surface area contributed by atoms with Gasteiger partial charge in [0.2, 0.25) is 5.91 Å². The SMILES string of the molecule is CC(=O)N(c1cc(Cl)ccc1F)C1CSC(=NC2CCCCC2)N1C1CCCCC1. The second-order valence-electron chi connectivity index (χ2n) is 8.68. The lowest BCUT2D eigenvalue weighted by atomic mass is 9.94. The Morgan fingerprint density at radius 3 is 2.47 bits per heavy atom. The molecule has 2 aliphatic carbocycles. The molecule has 1 amide bonds. The fourth-order valence-corrected chi connectivity index (χ4v) is 6.49. The van der Waals surface area contributed by atoms with E-state index in [4.69, 9.17) is 16.6 Å². The molecule has 164 valence electrons. The number of hydrogen-bond donors (Lipinski definition) is 0. The zero-order valence-corrected chi connectivity index (χ0v) is 19.2. The van der Waals surface area contributed by atoms with Crippen LogP contribution in [0.5, 0.6) is 0 Å². The number of carbonyl (C=O) groups is 1. The third-order valence-corrected chi connectivity index (χ3v) is 7.82. The zero-order valence-electron chi connectivity index (χ0n) is 17.7. The number of hydrogen-bond acceptors (Lipinski definition) is 3. The van der Waals surface area contributed by atoms with Gasteiger partial charge in [-0.05, 0) is 43.9 Å². The molecule has 1 unspecified atom stereocenters. The normalized spacial score (nSPS) is 25.1. The summed E-state index contributed by atoms with van der Waals surface area (Å²) in [5.41, 5.74) is 0.264. The first-order valence-corrected chi connectivity index (χ1v) is 12.6. The number of aliphatic imine (C=N–C) groups is 1. The van der Waals surface area contributed by atoms with Crippen LogP contribution in [0.3, 0.4) is 0 Å². The van der Waals surface area contributed by atoms with Crippen LogP contribution < -0.4 is 4.90 Å². The van der Waals surface area contributed by atoms with Crippen molar-refractivity contribution in [2.24, 2.45) is 4.99 Å². The van der Waals surface area contributed by atoms with Crippen molar-refractivity contribution in [3.05, 3.63) is 29.0 Å². The number of amidine groups is 1. The van der Waals surface area contributed by atoms with Crippen LogP contribution in [0.1, 0.15) is 71.1 Å². The van der Waals surface area contributed by atoms with Gasteiger partial charge >= 0.3 is 0 Å². The monoisotopic (exact) mass is 451 g/mol. The van der Waals surface area contributed by atoms with E-state index in [0.717, 1.165) is 30.9 Å². The highest BCUT2D eigenvalue weighted by Gasteiger charge is 2.41. The quantitative estimate of drug-likeness (QED) is 0.544. The van der Waals surface area contributed by atoms with Gasteiger partial charge in [-0.3, -0.25) is 14.7 Å². The van der Waals surface area contributed by atoms with E-state index in [1.165, 1.54) is 57.6 Å².